The Hall–Kier alpha value is -2.06. The van der Waals surface area contributed by atoms with Gasteiger partial charge in [-0.3, -0.25) is 0 Å². The summed E-state index contributed by atoms with van der Waals surface area (Å²) >= 11 is 9.11. The number of hydrogen-bond donors (Lipinski definition) is 3. The molecule has 1 aromatic carbocycles. The number of nitrogens with zero attached hydrogens (tertiary/aromatic N) is 1. The summed E-state index contributed by atoms with van der Waals surface area (Å²) in [5.41, 5.74) is 5.99. The van der Waals surface area contributed by atoms with Crippen molar-refractivity contribution in [3.8, 4) is 11.5 Å². The molecule has 0 bridgehead atoms. The lowest BCUT2D eigenvalue weighted by atomic mass is 10.1. The second kappa shape index (κ2) is 12.3. The van der Waals surface area contributed by atoms with Gasteiger partial charge in [-0.25, -0.2) is 0 Å². The van der Waals surface area contributed by atoms with Gasteiger partial charge < -0.3 is 30.3 Å². The molecule has 6 nitrogen and oxygen atoms in total. The topological polar surface area (TPSA) is 88.2 Å². The number of ether oxygens (including phenoxy) is 2. The van der Waals surface area contributed by atoms with Crippen LogP contribution in [0.5, 0.6) is 11.5 Å². The van der Waals surface area contributed by atoms with Crippen molar-refractivity contribution in [3.05, 3.63) is 29.3 Å². The smallest absolute Gasteiger partial charge is 0.259 e. The highest BCUT2D eigenvalue weighted by molar-refractivity contribution is 7.80. The van der Waals surface area contributed by atoms with Gasteiger partial charge >= 0.3 is 0 Å². The van der Waals surface area contributed by atoms with E-state index < -0.39 is 5.17 Å². The molecule has 0 aromatic heterocycles. The number of hydrogen-bond acceptors (Lipinski definition) is 5. The third-order valence-electron chi connectivity index (χ3n) is 3.13. The monoisotopic (exact) mass is 386 g/mol. The summed E-state index contributed by atoms with van der Waals surface area (Å²) in [6, 6.07) is 3.64. The Morgan fingerprint density at radius 1 is 1.28 bits per heavy atom. The summed E-state index contributed by atoms with van der Waals surface area (Å²) in [5.74, 6) is 0.519. The van der Waals surface area contributed by atoms with Gasteiger partial charge in [0.25, 0.3) is 10.3 Å². The number of thiocarbonyl (C=S) groups is 2. The average Bonchev–Trinajstić information content (AvgIpc) is 2.55. The molecule has 25 heavy (non-hydrogen) atoms. The van der Waals surface area contributed by atoms with Crippen molar-refractivity contribution < 1.29 is 19.7 Å². The number of aromatic hydroxyl groups is 1. The molecular formula is C17H26N2O4S2. The van der Waals surface area contributed by atoms with Crippen LogP contribution in [-0.4, -0.2) is 45.7 Å². The first-order valence-corrected chi connectivity index (χ1v) is 8.54. The zero-order chi connectivity index (χ0) is 19.4. The Kier molecular flexibility index (Phi) is 11.3. The van der Waals surface area contributed by atoms with E-state index in [0.717, 1.165) is 18.7 Å². The first kappa shape index (κ1) is 22.9. The molecule has 0 radical (unpaired) electrons. The number of allylic oxidation sites excluding steroid dienone is 1. The van der Waals surface area contributed by atoms with Crippen LogP contribution in [0.15, 0.2) is 18.2 Å². The Balaban J connectivity index is 0.00000129. The fourth-order valence-electron chi connectivity index (χ4n) is 1.96. The first-order chi connectivity index (χ1) is 11.8. The van der Waals surface area contributed by atoms with E-state index in [1.165, 1.54) is 7.11 Å². The van der Waals surface area contributed by atoms with E-state index in [9.17, 15) is 5.11 Å². The molecule has 0 unspecified atom stereocenters. The summed E-state index contributed by atoms with van der Waals surface area (Å²) in [6.07, 6.45) is 3.87. The molecule has 1 rings (SSSR count). The molecule has 0 atom stereocenters. The summed E-state index contributed by atoms with van der Waals surface area (Å²) in [4.78, 5) is 1.94. The van der Waals surface area contributed by atoms with Crippen LogP contribution in [0.2, 0.25) is 0 Å². The van der Waals surface area contributed by atoms with Crippen molar-refractivity contribution in [2.45, 2.75) is 27.4 Å². The minimum Gasteiger partial charge on any atom is -0.504 e. The van der Waals surface area contributed by atoms with Crippen molar-refractivity contribution in [1.29, 1.82) is 0 Å². The SMILES string of the molecule is CC=Cc1cc(COC(=S)N(CC)CC)c(O)c(OC)c1.NC(O)=S. The summed E-state index contributed by atoms with van der Waals surface area (Å²) in [6.45, 7) is 7.78. The second-order valence-electron chi connectivity index (χ2n) is 4.80. The zero-order valence-corrected chi connectivity index (χ0v) is 16.6. The molecule has 4 N–H and O–H groups in total. The van der Waals surface area contributed by atoms with Crippen LogP contribution in [0, 0.1) is 0 Å². The first-order valence-electron chi connectivity index (χ1n) is 7.73. The largest absolute Gasteiger partial charge is 0.504 e. The molecule has 8 heteroatoms. The average molecular weight is 387 g/mol. The van der Waals surface area contributed by atoms with Gasteiger partial charge in [0.2, 0.25) is 0 Å². The highest BCUT2D eigenvalue weighted by Crippen LogP contribution is 2.32. The van der Waals surface area contributed by atoms with Crippen molar-refractivity contribution in [2.24, 2.45) is 5.73 Å². The normalized spacial score (nSPS) is 9.92. The van der Waals surface area contributed by atoms with Gasteiger partial charge in [0.1, 0.15) is 6.61 Å². The lowest BCUT2D eigenvalue weighted by Crippen LogP contribution is -2.30. The molecule has 140 valence electrons. The predicted molar refractivity (Wildman–Crippen MR) is 109 cm³/mol. The Bertz CT molecular complexity index is 599. The molecule has 0 aliphatic heterocycles. The van der Waals surface area contributed by atoms with Gasteiger partial charge in [-0.1, -0.05) is 12.2 Å². The molecule has 0 aliphatic rings. The minimum atomic E-state index is -0.500. The number of rotatable bonds is 6. The fraction of sp³-hybridized carbons (Fsp3) is 0.412. The minimum absolute atomic E-state index is 0.0908. The third kappa shape index (κ3) is 8.55. The van der Waals surface area contributed by atoms with E-state index in [0.29, 0.717) is 16.5 Å². The lowest BCUT2D eigenvalue weighted by Gasteiger charge is -2.21. The number of benzene rings is 1. The van der Waals surface area contributed by atoms with Crippen LogP contribution < -0.4 is 10.5 Å². The molecule has 0 heterocycles. The number of phenols is 1. The zero-order valence-electron chi connectivity index (χ0n) is 15.0. The Morgan fingerprint density at radius 2 is 1.84 bits per heavy atom. The van der Waals surface area contributed by atoms with Crippen LogP contribution in [0.25, 0.3) is 6.08 Å². The highest BCUT2D eigenvalue weighted by Gasteiger charge is 2.12. The molecule has 0 aliphatic carbocycles. The van der Waals surface area contributed by atoms with Gasteiger partial charge in [-0.2, -0.15) is 0 Å². The van der Waals surface area contributed by atoms with Crippen LogP contribution in [0.4, 0.5) is 0 Å². The highest BCUT2D eigenvalue weighted by atomic mass is 32.1. The van der Waals surface area contributed by atoms with Crippen LogP contribution in [0.3, 0.4) is 0 Å². The van der Waals surface area contributed by atoms with Gasteiger partial charge in [-0.15, -0.1) is 0 Å². The number of aliphatic hydroxyl groups is 1. The van der Waals surface area contributed by atoms with E-state index in [4.69, 9.17) is 26.8 Å². The maximum Gasteiger partial charge on any atom is 0.259 e. The van der Waals surface area contributed by atoms with Crippen LogP contribution in [-0.2, 0) is 11.3 Å². The number of aliphatic hydroxyl groups excluding tert-OH is 1. The van der Waals surface area contributed by atoms with Crippen LogP contribution >= 0.6 is 24.4 Å². The summed E-state index contributed by atoms with van der Waals surface area (Å²) < 4.78 is 10.8. The van der Waals surface area contributed by atoms with Gasteiger partial charge in [0.05, 0.1) is 7.11 Å². The van der Waals surface area contributed by atoms with Crippen molar-refractivity contribution in [2.75, 3.05) is 20.2 Å². The van der Waals surface area contributed by atoms with Crippen molar-refractivity contribution in [3.63, 3.8) is 0 Å². The van der Waals surface area contributed by atoms with Crippen LogP contribution in [0.1, 0.15) is 31.9 Å². The maximum absolute atomic E-state index is 10.2. The number of phenolic OH excluding ortho intramolecular Hbond substituents is 1. The Morgan fingerprint density at radius 3 is 2.28 bits per heavy atom. The predicted octanol–water partition coefficient (Wildman–Crippen LogP) is 3.37. The molecule has 0 amide bonds. The summed E-state index contributed by atoms with van der Waals surface area (Å²) in [7, 11) is 1.53. The van der Waals surface area contributed by atoms with Gasteiger partial charge in [-0.05, 0) is 62.9 Å². The fourth-order valence-corrected chi connectivity index (χ4v) is 2.27. The maximum atomic E-state index is 10.2. The molecule has 0 saturated carbocycles. The second-order valence-corrected chi connectivity index (χ2v) is 5.56. The molecule has 0 fully saturated rings. The molecular weight excluding hydrogens is 360 g/mol. The van der Waals surface area contributed by atoms with E-state index in [1.54, 1.807) is 6.07 Å². The van der Waals surface area contributed by atoms with Crippen molar-refractivity contribution >= 4 is 40.9 Å². The van der Waals surface area contributed by atoms with Crippen molar-refractivity contribution in [1.82, 2.24) is 4.90 Å². The number of methoxy groups -OCH3 is 1. The number of nitrogens with two attached hydrogens (primary N) is 1. The molecule has 1 aromatic rings. The third-order valence-corrected chi connectivity index (χ3v) is 3.50. The van der Waals surface area contributed by atoms with E-state index in [2.05, 4.69) is 18.0 Å². The Labute approximate surface area is 159 Å². The van der Waals surface area contributed by atoms with E-state index in [1.807, 2.05) is 43.9 Å². The van der Waals surface area contributed by atoms with E-state index >= 15 is 0 Å². The standard InChI is InChI=1S/C16H23NO3S.CH3NOS/c1-5-8-12-9-13(15(18)14(10-12)19-4)11-20-16(21)17(6-2)7-3;2-1(3)4/h5,8-10,18H,6-7,11H2,1-4H3;(H3,2,3,4). The van der Waals surface area contributed by atoms with Gasteiger partial charge in [0.15, 0.2) is 11.5 Å². The summed E-state index contributed by atoms with van der Waals surface area (Å²) in [5, 5.41) is 17.7. The van der Waals surface area contributed by atoms with E-state index in [-0.39, 0.29) is 12.4 Å². The van der Waals surface area contributed by atoms with Gasteiger partial charge in [0, 0.05) is 18.7 Å². The molecule has 0 spiro atoms. The molecule has 0 saturated heterocycles. The lowest BCUT2D eigenvalue weighted by molar-refractivity contribution is 0.234. The quantitative estimate of drug-likeness (QED) is 0.642.